The fourth-order valence-electron chi connectivity index (χ4n) is 1.25. The maximum Gasteiger partial charge on any atom is 0.0819 e. The van der Waals surface area contributed by atoms with E-state index in [1.165, 1.54) is 25.9 Å². The number of fused-ring (bicyclic) bond motifs is 2. The minimum Gasteiger partial charge on any atom is -0.296 e. The van der Waals surface area contributed by atoms with Crippen molar-refractivity contribution >= 4 is 0 Å². The minimum absolute atomic E-state index is 0.597. The Labute approximate surface area is 43.0 Å². The van der Waals surface area contributed by atoms with Gasteiger partial charge in [-0.25, -0.2) is 0 Å². The highest BCUT2D eigenvalue weighted by Crippen LogP contribution is 2.23. The van der Waals surface area contributed by atoms with Gasteiger partial charge in [-0.05, 0) is 12.8 Å². The number of rotatable bonds is 0. The molecule has 0 aliphatic carbocycles. The van der Waals surface area contributed by atoms with Crippen molar-refractivity contribution in [3.8, 4) is 0 Å². The van der Waals surface area contributed by atoms with E-state index in [2.05, 4.69) is 5.06 Å². The van der Waals surface area contributed by atoms with E-state index in [-0.39, 0.29) is 0 Å². The first kappa shape index (κ1) is 3.87. The van der Waals surface area contributed by atoms with Gasteiger partial charge in [-0.15, -0.1) is 0 Å². The highest BCUT2D eigenvalue weighted by Gasteiger charge is 2.29. The fourth-order valence-corrected chi connectivity index (χ4v) is 1.25. The van der Waals surface area contributed by atoms with Gasteiger partial charge in [0.25, 0.3) is 0 Å². The van der Waals surface area contributed by atoms with E-state index in [1.807, 2.05) is 0 Å². The molecule has 2 heteroatoms. The van der Waals surface area contributed by atoms with Gasteiger partial charge in [-0.2, -0.15) is 5.06 Å². The molecule has 0 radical (unpaired) electrons. The Morgan fingerprint density at radius 2 is 2.00 bits per heavy atom. The molecule has 2 rings (SSSR count). The average molecular weight is 99.1 g/mol. The van der Waals surface area contributed by atoms with Crippen LogP contribution in [0.15, 0.2) is 0 Å². The van der Waals surface area contributed by atoms with Gasteiger partial charge in [-0.3, -0.25) is 4.84 Å². The largest absolute Gasteiger partial charge is 0.296 e. The molecule has 2 aliphatic heterocycles. The van der Waals surface area contributed by atoms with Crippen LogP contribution in [0.3, 0.4) is 0 Å². The number of hydroxylamine groups is 2. The third kappa shape index (κ3) is 0.469. The van der Waals surface area contributed by atoms with Crippen molar-refractivity contribution in [3.63, 3.8) is 0 Å². The number of hydrogen-bond acceptors (Lipinski definition) is 2. The summed E-state index contributed by atoms with van der Waals surface area (Å²) in [6, 6.07) is 0. The molecule has 2 aliphatic rings. The SMILES string of the molecule is C1CN2CCC1O2. The zero-order chi connectivity index (χ0) is 4.69. The predicted molar refractivity (Wildman–Crippen MR) is 25.7 cm³/mol. The molecule has 40 valence electrons. The van der Waals surface area contributed by atoms with Crippen LogP contribution in [-0.2, 0) is 4.84 Å². The Hall–Kier alpha value is -0.0800. The summed E-state index contributed by atoms with van der Waals surface area (Å²) in [6.07, 6.45) is 3.12. The molecular formula is C5H9NO. The molecule has 0 spiro atoms. The van der Waals surface area contributed by atoms with E-state index in [0.717, 1.165) is 0 Å². The Balaban J connectivity index is 2.12. The zero-order valence-electron chi connectivity index (χ0n) is 4.26. The van der Waals surface area contributed by atoms with Crippen molar-refractivity contribution in [2.75, 3.05) is 13.1 Å². The lowest BCUT2D eigenvalue weighted by atomic mass is 10.1. The third-order valence-corrected chi connectivity index (χ3v) is 1.70. The van der Waals surface area contributed by atoms with Crippen LogP contribution in [0, 0.1) is 0 Å². The molecular weight excluding hydrogens is 90.1 g/mol. The van der Waals surface area contributed by atoms with Crippen LogP contribution in [0.2, 0.25) is 0 Å². The monoisotopic (exact) mass is 99.1 g/mol. The maximum absolute atomic E-state index is 5.31. The molecule has 0 N–H and O–H groups in total. The van der Waals surface area contributed by atoms with Crippen LogP contribution in [0.5, 0.6) is 0 Å². The zero-order valence-corrected chi connectivity index (χ0v) is 4.26. The van der Waals surface area contributed by atoms with Crippen molar-refractivity contribution in [1.29, 1.82) is 0 Å². The quantitative estimate of drug-likeness (QED) is 0.435. The molecule has 0 saturated carbocycles. The first-order valence-electron chi connectivity index (χ1n) is 2.87. The lowest BCUT2D eigenvalue weighted by Crippen LogP contribution is -2.15. The van der Waals surface area contributed by atoms with Gasteiger partial charge in [-0.1, -0.05) is 0 Å². The van der Waals surface area contributed by atoms with Crippen molar-refractivity contribution in [1.82, 2.24) is 5.06 Å². The van der Waals surface area contributed by atoms with E-state index in [1.54, 1.807) is 0 Å². The van der Waals surface area contributed by atoms with Crippen LogP contribution in [0.4, 0.5) is 0 Å². The standard InChI is InChI=1S/C5H9NO/c1-3-6-4-2-5(1)7-6/h5H,1-4H2. The summed E-state index contributed by atoms with van der Waals surface area (Å²) >= 11 is 0. The van der Waals surface area contributed by atoms with Crippen molar-refractivity contribution in [2.45, 2.75) is 18.9 Å². The second kappa shape index (κ2) is 1.20. The van der Waals surface area contributed by atoms with Gasteiger partial charge in [0.1, 0.15) is 0 Å². The summed E-state index contributed by atoms with van der Waals surface area (Å²) in [5.74, 6) is 0. The average Bonchev–Trinajstić information content (AvgIpc) is 2.22. The van der Waals surface area contributed by atoms with Gasteiger partial charge in [0, 0.05) is 13.1 Å². The van der Waals surface area contributed by atoms with Crippen LogP contribution < -0.4 is 0 Å². The van der Waals surface area contributed by atoms with Gasteiger partial charge in [0.05, 0.1) is 6.10 Å². The molecule has 0 aromatic carbocycles. The number of hydrogen-bond donors (Lipinski definition) is 0. The second-order valence-corrected chi connectivity index (χ2v) is 2.23. The van der Waals surface area contributed by atoms with Crippen LogP contribution in [0.1, 0.15) is 12.8 Å². The van der Waals surface area contributed by atoms with Crippen molar-refractivity contribution in [3.05, 3.63) is 0 Å². The molecule has 2 heterocycles. The molecule has 2 nitrogen and oxygen atoms in total. The first-order valence-corrected chi connectivity index (χ1v) is 2.87. The van der Waals surface area contributed by atoms with Gasteiger partial charge in [0.2, 0.25) is 0 Å². The molecule has 0 unspecified atom stereocenters. The van der Waals surface area contributed by atoms with E-state index >= 15 is 0 Å². The molecule has 2 fully saturated rings. The lowest BCUT2D eigenvalue weighted by Gasteiger charge is -2.04. The van der Waals surface area contributed by atoms with Crippen molar-refractivity contribution < 1.29 is 4.84 Å². The number of nitrogens with zero attached hydrogens (tertiary/aromatic N) is 1. The summed E-state index contributed by atoms with van der Waals surface area (Å²) in [5, 5.41) is 2.06. The topological polar surface area (TPSA) is 12.5 Å². The highest BCUT2D eigenvalue weighted by molar-refractivity contribution is 4.73. The molecule has 0 aromatic rings. The Kier molecular flexibility index (Phi) is 0.664. The molecule has 0 atom stereocenters. The molecule has 0 amide bonds. The van der Waals surface area contributed by atoms with E-state index < -0.39 is 0 Å². The summed E-state index contributed by atoms with van der Waals surface area (Å²) in [5.41, 5.74) is 0. The summed E-state index contributed by atoms with van der Waals surface area (Å²) in [4.78, 5) is 5.31. The Morgan fingerprint density at radius 3 is 2.14 bits per heavy atom. The van der Waals surface area contributed by atoms with Crippen LogP contribution in [0.25, 0.3) is 0 Å². The normalized spacial score (nSPS) is 48.0. The first-order chi connectivity index (χ1) is 3.45. The molecule has 0 aromatic heterocycles. The van der Waals surface area contributed by atoms with Gasteiger partial charge in [0.15, 0.2) is 0 Å². The minimum atomic E-state index is 0.597. The molecule has 2 saturated heterocycles. The molecule has 2 bridgehead atoms. The Bertz CT molecular complexity index is 66.1. The highest BCUT2D eigenvalue weighted by atomic mass is 16.7. The van der Waals surface area contributed by atoms with Crippen LogP contribution in [-0.4, -0.2) is 24.3 Å². The van der Waals surface area contributed by atoms with E-state index in [0.29, 0.717) is 6.10 Å². The molecule has 7 heavy (non-hydrogen) atoms. The number of piperidine rings is 1. The smallest absolute Gasteiger partial charge is 0.0819 e. The Morgan fingerprint density at radius 1 is 1.29 bits per heavy atom. The summed E-state index contributed by atoms with van der Waals surface area (Å²) < 4.78 is 0. The van der Waals surface area contributed by atoms with Crippen LogP contribution >= 0.6 is 0 Å². The second-order valence-electron chi connectivity index (χ2n) is 2.23. The third-order valence-electron chi connectivity index (χ3n) is 1.70. The fraction of sp³-hybridized carbons (Fsp3) is 1.00. The summed E-state index contributed by atoms with van der Waals surface area (Å²) in [6.45, 7) is 2.34. The lowest BCUT2D eigenvalue weighted by molar-refractivity contribution is -0.0904. The van der Waals surface area contributed by atoms with E-state index in [4.69, 9.17) is 4.84 Å². The van der Waals surface area contributed by atoms with E-state index in [9.17, 15) is 0 Å². The predicted octanol–water partition coefficient (Wildman–Crippen LogP) is 0.396. The van der Waals surface area contributed by atoms with Gasteiger partial charge < -0.3 is 0 Å². The van der Waals surface area contributed by atoms with Crippen molar-refractivity contribution in [2.24, 2.45) is 0 Å². The summed E-state index contributed by atoms with van der Waals surface area (Å²) in [7, 11) is 0. The maximum atomic E-state index is 5.31. The van der Waals surface area contributed by atoms with Gasteiger partial charge >= 0.3 is 0 Å².